The lowest BCUT2D eigenvalue weighted by Crippen LogP contribution is -2.49. The molecule has 0 radical (unpaired) electrons. The number of pyridine rings is 2. The Bertz CT molecular complexity index is 959. The van der Waals surface area contributed by atoms with Gasteiger partial charge in [-0.05, 0) is 30.3 Å². The van der Waals surface area contributed by atoms with Gasteiger partial charge in [0.2, 0.25) is 0 Å². The Morgan fingerprint density at radius 1 is 1.03 bits per heavy atom. The highest BCUT2D eigenvalue weighted by molar-refractivity contribution is 5.92. The molecule has 5 heterocycles. The third-order valence-corrected chi connectivity index (χ3v) is 5.39. The second-order valence-corrected chi connectivity index (χ2v) is 7.30. The predicted molar refractivity (Wildman–Crippen MR) is 107 cm³/mol. The maximum absolute atomic E-state index is 12.9. The molecule has 1 saturated heterocycles. The fraction of sp³-hybridized carbons (Fsp3) is 0.333. The zero-order valence-corrected chi connectivity index (χ0v) is 16.0. The van der Waals surface area contributed by atoms with E-state index in [0.717, 1.165) is 36.8 Å². The molecule has 0 unspecified atom stereocenters. The lowest BCUT2D eigenvalue weighted by atomic mass is 10.2. The molecule has 148 valence electrons. The summed E-state index contributed by atoms with van der Waals surface area (Å²) in [6.07, 6.45) is 6.01. The second kappa shape index (κ2) is 7.54. The highest BCUT2D eigenvalue weighted by Crippen LogP contribution is 2.22. The van der Waals surface area contributed by atoms with Crippen molar-refractivity contribution in [3.05, 3.63) is 66.4 Å². The van der Waals surface area contributed by atoms with E-state index in [1.54, 1.807) is 18.6 Å². The number of nitrogens with zero attached hydrogens (tertiary/aromatic N) is 6. The van der Waals surface area contributed by atoms with E-state index in [4.69, 9.17) is 4.74 Å². The SMILES string of the molecule is O=C(c1cc2n(n1)C[C@@H](Oc1ccncc1)C2)N1CCN(c2ccccn2)CC1. The van der Waals surface area contributed by atoms with E-state index in [2.05, 4.69) is 20.0 Å². The summed E-state index contributed by atoms with van der Waals surface area (Å²) in [6, 6.07) is 11.5. The number of carbonyl (C=O) groups excluding carboxylic acids is 1. The van der Waals surface area contributed by atoms with Crippen molar-refractivity contribution >= 4 is 11.7 Å². The van der Waals surface area contributed by atoms with E-state index in [1.807, 2.05) is 46.0 Å². The average Bonchev–Trinajstić information content (AvgIpc) is 3.33. The minimum atomic E-state index is -0.000766. The first-order valence-electron chi connectivity index (χ1n) is 9.85. The van der Waals surface area contributed by atoms with Gasteiger partial charge in [-0.25, -0.2) is 4.98 Å². The van der Waals surface area contributed by atoms with Gasteiger partial charge in [-0.1, -0.05) is 6.07 Å². The van der Waals surface area contributed by atoms with Crippen molar-refractivity contribution in [1.82, 2.24) is 24.6 Å². The number of ether oxygens (including phenoxy) is 1. The van der Waals surface area contributed by atoms with Crippen molar-refractivity contribution in [2.24, 2.45) is 0 Å². The first-order chi connectivity index (χ1) is 14.3. The van der Waals surface area contributed by atoms with Crippen LogP contribution in [0, 0.1) is 0 Å². The molecule has 3 aromatic heterocycles. The highest BCUT2D eigenvalue weighted by Gasteiger charge is 2.29. The lowest BCUT2D eigenvalue weighted by molar-refractivity contribution is 0.0738. The molecule has 0 saturated carbocycles. The molecule has 8 heteroatoms. The van der Waals surface area contributed by atoms with Crippen molar-refractivity contribution in [3.63, 3.8) is 0 Å². The van der Waals surface area contributed by atoms with Gasteiger partial charge in [-0.2, -0.15) is 5.10 Å². The summed E-state index contributed by atoms with van der Waals surface area (Å²) in [4.78, 5) is 25.4. The van der Waals surface area contributed by atoms with E-state index >= 15 is 0 Å². The van der Waals surface area contributed by atoms with Gasteiger partial charge in [0, 0.05) is 56.9 Å². The maximum atomic E-state index is 12.9. The van der Waals surface area contributed by atoms with Gasteiger partial charge in [-0.3, -0.25) is 14.5 Å². The maximum Gasteiger partial charge on any atom is 0.274 e. The van der Waals surface area contributed by atoms with E-state index in [0.29, 0.717) is 25.3 Å². The number of hydrogen-bond acceptors (Lipinski definition) is 6. The largest absolute Gasteiger partial charge is 0.488 e. The predicted octanol–water partition coefficient (Wildman–Crippen LogP) is 1.64. The van der Waals surface area contributed by atoms with Crippen LogP contribution in [0.5, 0.6) is 5.75 Å². The van der Waals surface area contributed by atoms with Crippen LogP contribution in [0.25, 0.3) is 0 Å². The normalized spacial score (nSPS) is 18.6. The molecule has 1 amide bonds. The number of fused-ring (bicyclic) bond motifs is 1. The minimum absolute atomic E-state index is 0.000766. The topological polar surface area (TPSA) is 76.4 Å². The number of rotatable bonds is 4. The van der Waals surface area contributed by atoms with Crippen LogP contribution >= 0.6 is 0 Å². The quantitative estimate of drug-likeness (QED) is 0.674. The van der Waals surface area contributed by atoms with Gasteiger partial charge >= 0.3 is 0 Å². The number of amides is 1. The molecule has 8 nitrogen and oxygen atoms in total. The number of aromatic nitrogens is 4. The molecule has 1 fully saturated rings. The third kappa shape index (κ3) is 3.65. The molecule has 1 atom stereocenters. The standard InChI is InChI=1S/C21H22N6O2/c28-21(26-11-9-25(10-12-26)20-3-1-2-6-23-20)19-14-16-13-18(15-27(16)24-19)29-17-4-7-22-8-5-17/h1-8,14,18H,9-13,15H2/t18-/m0/s1. The zero-order valence-electron chi connectivity index (χ0n) is 16.0. The smallest absolute Gasteiger partial charge is 0.274 e. The van der Waals surface area contributed by atoms with Crippen LogP contribution in [-0.4, -0.2) is 62.8 Å². The second-order valence-electron chi connectivity index (χ2n) is 7.30. The van der Waals surface area contributed by atoms with Gasteiger partial charge in [0.25, 0.3) is 5.91 Å². The van der Waals surface area contributed by atoms with Gasteiger partial charge in [0.15, 0.2) is 5.69 Å². The van der Waals surface area contributed by atoms with Gasteiger partial charge < -0.3 is 14.5 Å². The zero-order chi connectivity index (χ0) is 19.6. The van der Waals surface area contributed by atoms with Crippen LogP contribution in [0.15, 0.2) is 55.0 Å². The third-order valence-electron chi connectivity index (χ3n) is 5.39. The Morgan fingerprint density at radius 2 is 1.86 bits per heavy atom. The minimum Gasteiger partial charge on any atom is -0.488 e. The van der Waals surface area contributed by atoms with Crippen LogP contribution in [-0.2, 0) is 13.0 Å². The first kappa shape index (κ1) is 17.7. The van der Waals surface area contributed by atoms with Crippen LogP contribution in [0.3, 0.4) is 0 Å². The van der Waals surface area contributed by atoms with E-state index < -0.39 is 0 Å². The molecular formula is C21H22N6O2. The molecule has 0 spiro atoms. The van der Waals surface area contributed by atoms with Crippen LogP contribution in [0.4, 0.5) is 5.82 Å². The molecule has 0 N–H and O–H groups in total. The van der Waals surface area contributed by atoms with E-state index in [9.17, 15) is 4.79 Å². The van der Waals surface area contributed by atoms with Gasteiger partial charge in [0.1, 0.15) is 17.7 Å². The van der Waals surface area contributed by atoms with Crippen molar-refractivity contribution in [1.29, 1.82) is 0 Å². The van der Waals surface area contributed by atoms with Gasteiger partial charge in [0.05, 0.1) is 6.54 Å². The van der Waals surface area contributed by atoms with Crippen molar-refractivity contribution in [3.8, 4) is 5.75 Å². The Balaban J connectivity index is 1.18. The molecule has 2 aliphatic rings. The average molecular weight is 390 g/mol. The molecule has 0 aliphatic carbocycles. The Morgan fingerprint density at radius 3 is 2.59 bits per heavy atom. The molecule has 0 bridgehead atoms. The number of piperazine rings is 1. The summed E-state index contributed by atoms with van der Waals surface area (Å²) < 4.78 is 7.87. The Hall–Kier alpha value is -3.42. The van der Waals surface area contributed by atoms with Crippen LogP contribution < -0.4 is 9.64 Å². The summed E-state index contributed by atoms with van der Waals surface area (Å²) in [6.45, 7) is 3.55. The van der Waals surface area contributed by atoms with Gasteiger partial charge in [-0.15, -0.1) is 0 Å². The number of carbonyl (C=O) groups is 1. The summed E-state index contributed by atoms with van der Waals surface area (Å²) in [5.41, 5.74) is 1.56. The molecule has 3 aromatic rings. The molecular weight excluding hydrogens is 368 g/mol. The van der Waals surface area contributed by atoms with Crippen molar-refractivity contribution in [2.75, 3.05) is 31.1 Å². The molecule has 5 rings (SSSR count). The first-order valence-corrected chi connectivity index (χ1v) is 9.85. The summed E-state index contributed by atoms with van der Waals surface area (Å²) in [5, 5.41) is 4.54. The van der Waals surface area contributed by atoms with Crippen molar-refractivity contribution < 1.29 is 9.53 Å². The molecule has 2 aliphatic heterocycles. The summed E-state index contributed by atoms with van der Waals surface area (Å²) in [5.74, 6) is 1.76. The lowest BCUT2D eigenvalue weighted by Gasteiger charge is -2.35. The van der Waals surface area contributed by atoms with Crippen LogP contribution in [0.2, 0.25) is 0 Å². The number of hydrogen-bond donors (Lipinski definition) is 0. The highest BCUT2D eigenvalue weighted by atomic mass is 16.5. The van der Waals surface area contributed by atoms with E-state index in [-0.39, 0.29) is 12.0 Å². The van der Waals surface area contributed by atoms with Crippen molar-refractivity contribution in [2.45, 2.75) is 19.1 Å². The Kier molecular flexibility index (Phi) is 4.59. The summed E-state index contributed by atoms with van der Waals surface area (Å²) in [7, 11) is 0. The monoisotopic (exact) mass is 390 g/mol. The van der Waals surface area contributed by atoms with Crippen LogP contribution in [0.1, 0.15) is 16.2 Å². The fourth-order valence-corrected chi connectivity index (χ4v) is 3.90. The summed E-state index contributed by atoms with van der Waals surface area (Å²) >= 11 is 0. The molecule has 0 aromatic carbocycles. The number of anilines is 1. The Labute approximate surface area is 168 Å². The fourth-order valence-electron chi connectivity index (χ4n) is 3.90. The van der Waals surface area contributed by atoms with E-state index in [1.165, 1.54) is 0 Å². The molecule has 29 heavy (non-hydrogen) atoms.